The molecular formula is C14H22N2O3S. The lowest BCUT2D eigenvalue weighted by molar-refractivity contribution is 0.0607. The van der Waals surface area contributed by atoms with Crippen molar-refractivity contribution in [3.63, 3.8) is 0 Å². The average molecular weight is 298 g/mol. The Morgan fingerprint density at radius 1 is 1.30 bits per heavy atom. The number of anilines is 2. The van der Waals surface area contributed by atoms with Gasteiger partial charge in [-0.3, -0.25) is 0 Å². The van der Waals surface area contributed by atoms with Crippen molar-refractivity contribution >= 4 is 28.0 Å². The fourth-order valence-electron chi connectivity index (χ4n) is 2.56. The quantitative estimate of drug-likeness (QED) is 0.835. The van der Waals surface area contributed by atoms with E-state index < -0.39 is 5.97 Å². The molecule has 0 spiro atoms. The summed E-state index contributed by atoms with van der Waals surface area (Å²) >= 11 is 1.30. The Balaban J connectivity index is 2.16. The Kier molecular flexibility index (Phi) is 4.75. The fourth-order valence-corrected chi connectivity index (χ4v) is 3.65. The number of nitrogens with two attached hydrogens (primary N) is 1. The van der Waals surface area contributed by atoms with Crippen LogP contribution in [0, 0.1) is 5.92 Å². The molecule has 2 rings (SSSR count). The van der Waals surface area contributed by atoms with E-state index in [-0.39, 0.29) is 0 Å². The van der Waals surface area contributed by atoms with Gasteiger partial charge in [-0.05, 0) is 31.6 Å². The van der Waals surface area contributed by atoms with Gasteiger partial charge in [-0.1, -0.05) is 6.92 Å². The van der Waals surface area contributed by atoms with E-state index in [4.69, 9.17) is 15.2 Å². The van der Waals surface area contributed by atoms with Gasteiger partial charge in [0.25, 0.3) is 0 Å². The van der Waals surface area contributed by atoms with Gasteiger partial charge in [-0.25, -0.2) is 4.79 Å². The summed E-state index contributed by atoms with van der Waals surface area (Å²) < 4.78 is 10.1. The van der Waals surface area contributed by atoms with Crippen molar-refractivity contribution in [2.75, 3.05) is 25.3 Å². The van der Waals surface area contributed by atoms with Crippen LogP contribution < -0.4 is 15.8 Å². The number of ether oxygens (including phenoxy) is 2. The summed E-state index contributed by atoms with van der Waals surface area (Å²) in [5.41, 5.74) is 6.32. The fraction of sp³-hybridized carbons (Fsp3) is 0.643. The van der Waals surface area contributed by atoms with Crippen LogP contribution in [0.2, 0.25) is 0 Å². The molecule has 0 unspecified atom stereocenters. The molecule has 0 bridgehead atoms. The molecule has 1 aromatic rings. The third-order valence-corrected chi connectivity index (χ3v) is 4.92. The number of methoxy groups -OCH3 is 2. The molecule has 1 aliphatic carbocycles. The van der Waals surface area contributed by atoms with Gasteiger partial charge < -0.3 is 20.5 Å². The second-order valence-electron chi connectivity index (χ2n) is 5.30. The minimum absolute atomic E-state index is 0.357. The number of hydrogen-bond acceptors (Lipinski definition) is 6. The van der Waals surface area contributed by atoms with Gasteiger partial charge in [0.05, 0.1) is 14.2 Å². The van der Waals surface area contributed by atoms with Crippen LogP contribution in [0.15, 0.2) is 0 Å². The first-order valence-corrected chi connectivity index (χ1v) is 7.69. The topological polar surface area (TPSA) is 73.6 Å². The highest BCUT2D eigenvalue weighted by Gasteiger charge is 2.25. The summed E-state index contributed by atoms with van der Waals surface area (Å²) in [5.74, 6) is 0.930. The normalized spacial score (nSPS) is 22.4. The van der Waals surface area contributed by atoms with E-state index in [9.17, 15) is 4.79 Å². The first kappa shape index (κ1) is 15.0. The number of nitrogens with one attached hydrogen (secondary N) is 1. The van der Waals surface area contributed by atoms with Gasteiger partial charge in [0.2, 0.25) is 0 Å². The molecular weight excluding hydrogens is 276 g/mol. The monoisotopic (exact) mass is 298 g/mol. The maximum Gasteiger partial charge on any atom is 0.350 e. The number of rotatable bonds is 4. The van der Waals surface area contributed by atoms with Gasteiger partial charge in [0, 0.05) is 6.04 Å². The van der Waals surface area contributed by atoms with Gasteiger partial charge >= 0.3 is 5.97 Å². The van der Waals surface area contributed by atoms with Gasteiger partial charge in [-0.2, -0.15) is 0 Å². The number of nitrogen functional groups attached to an aromatic ring is 1. The maximum absolute atomic E-state index is 11.7. The van der Waals surface area contributed by atoms with Gasteiger partial charge in [-0.15, -0.1) is 11.3 Å². The molecule has 112 valence electrons. The number of carbonyl (C=O) groups excluding carboxylic acids is 1. The Hall–Kier alpha value is -1.43. The molecule has 0 atom stereocenters. The molecule has 6 heteroatoms. The van der Waals surface area contributed by atoms with Crippen LogP contribution in [0.1, 0.15) is 42.3 Å². The van der Waals surface area contributed by atoms with Crippen molar-refractivity contribution < 1.29 is 14.3 Å². The molecule has 5 nitrogen and oxygen atoms in total. The van der Waals surface area contributed by atoms with Crippen LogP contribution >= 0.6 is 11.3 Å². The molecule has 1 aliphatic rings. The van der Waals surface area contributed by atoms with E-state index >= 15 is 0 Å². The van der Waals surface area contributed by atoms with E-state index in [1.165, 1.54) is 31.3 Å². The lowest BCUT2D eigenvalue weighted by Crippen LogP contribution is -2.24. The second kappa shape index (κ2) is 6.35. The van der Waals surface area contributed by atoms with Crippen molar-refractivity contribution in [1.82, 2.24) is 0 Å². The molecule has 1 fully saturated rings. The highest BCUT2D eigenvalue weighted by molar-refractivity contribution is 7.19. The van der Waals surface area contributed by atoms with Crippen molar-refractivity contribution in [2.24, 2.45) is 5.92 Å². The lowest BCUT2D eigenvalue weighted by atomic mass is 9.87. The van der Waals surface area contributed by atoms with E-state index in [0.717, 1.165) is 23.8 Å². The Morgan fingerprint density at radius 2 is 1.95 bits per heavy atom. The molecule has 0 aromatic carbocycles. The first-order valence-electron chi connectivity index (χ1n) is 6.87. The molecule has 0 saturated heterocycles. The summed E-state index contributed by atoms with van der Waals surface area (Å²) in [6, 6.07) is 0.420. The van der Waals surface area contributed by atoms with Crippen LogP contribution in [0.5, 0.6) is 5.75 Å². The van der Waals surface area contributed by atoms with Crippen LogP contribution in [0.3, 0.4) is 0 Å². The molecule has 0 aliphatic heterocycles. The van der Waals surface area contributed by atoms with E-state index in [2.05, 4.69) is 12.2 Å². The predicted molar refractivity (Wildman–Crippen MR) is 81.7 cm³/mol. The predicted octanol–water partition coefficient (Wildman–Crippen LogP) is 3.12. The van der Waals surface area contributed by atoms with E-state index in [1.807, 2.05) is 0 Å². The summed E-state index contributed by atoms with van der Waals surface area (Å²) in [5, 5.41) is 4.29. The van der Waals surface area contributed by atoms with Crippen LogP contribution in [0.25, 0.3) is 0 Å². The average Bonchev–Trinajstić information content (AvgIpc) is 2.76. The van der Waals surface area contributed by atoms with Crippen molar-refractivity contribution in [3.8, 4) is 5.75 Å². The number of carbonyl (C=O) groups is 1. The Morgan fingerprint density at radius 3 is 2.50 bits per heavy atom. The smallest absolute Gasteiger partial charge is 0.350 e. The third-order valence-electron chi connectivity index (χ3n) is 3.83. The van der Waals surface area contributed by atoms with Gasteiger partial charge in [0.1, 0.15) is 15.6 Å². The Labute approximate surface area is 123 Å². The largest absolute Gasteiger partial charge is 0.492 e. The van der Waals surface area contributed by atoms with E-state index in [1.54, 1.807) is 7.11 Å². The summed E-state index contributed by atoms with van der Waals surface area (Å²) in [6.45, 7) is 2.29. The van der Waals surface area contributed by atoms with E-state index in [0.29, 0.717) is 22.4 Å². The highest BCUT2D eigenvalue weighted by Crippen LogP contribution is 2.43. The summed E-state index contributed by atoms with van der Waals surface area (Å²) in [6.07, 6.45) is 4.72. The second-order valence-corrected chi connectivity index (χ2v) is 6.32. The van der Waals surface area contributed by atoms with Gasteiger partial charge in [0.15, 0.2) is 5.75 Å². The molecule has 20 heavy (non-hydrogen) atoms. The number of thiophene rings is 1. The van der Waals surface area contributed by atoms with Crippen LogP contribution in [0.4, 0.5) is 10.7 Å². The zero-order valence-electron chi connectivity index (χ0n) is 12.2. The van der Waals surface area contributed by atoms with Crippen LogP contribution in [-0.2, 0) is 4.74 Å². The van der Waals surface area contributed by atoms with Crippen molar-refractivity contribution in [3.05, 3.63) is 4.88 Å². The summed E-state index contributed by atoms with van der Waals surface area (Å²) in [4.78, 5) is 12.1. The van der Waals surface area contributed by atoms with Crippen molar-refractivity contribution in [2.45, 2.75) is 38.6 Å². The molecule has 1 saturated carbocycles. The zero-order valence-corrected chi connectivity index (χ0v) is 13.0. The standard InChI is InChI=1S/C14H22N2O3S/c1-8-4-6-9(7-5-8)16-13-11(18-2)10(15)12(20-13)14(17)19-3/h8-9,16H,4-7,15H2,1-3H3. The first-order chi connectivity index (χ1) is 9.56. The highest BCUT2D eigenvalue weighted by atomic mass is 32.1. The third kappa shape index (κ3) is 3.00. The molecule has 0 amide bonds. The number of esters is 1. The summed E-state index contributed by atoms with van der Waals surface area (Å²) in [7, 11) is 2.91. The molecule has 1 heterocycles. The minimum Gasteiger partial charge on any atom is -0.492 e. The lowest BCUT2D eigenvalue weighted by Gasteiger charge is -2.27. The SMILES string of the molecule is COC(=O)c1sc(NC2CCC(C)CC2)c(OC)c1N. The maximum atomic E-state index is 11.7. The molecule has 1 aromatic heterocycles. The number of hydrogen-bond donors (Lipinski definition) is 2. The minimum atomic E-state index is -0.420. The molecule has 0 radical (unpaired) electrons. The zero-order chi connectivity index (χ0) is 14.7. The van der Waals surface area contributed by atoms with Crippen LogP contribution in [-0.4, -0.2) is 26.2 Å². The van der Waals surface area contributed by atoms with Crippen molar-refractivity contribution in [1.29, 1.82) is 0 Å². The Bertz CT molecular complexity index is 479. The molecule has 3 N–H and O–H groups in total.